The molecule has 0 aliphatic rings. The van der Waals surface area contributed by atoms with E-state index in [2.05, 4.69) is 13.8 Å². The molecular formula is C46H66O6S6. The summed E-state index contributed by atoms with van der Waals surface area (Å²) in [7, 11) is 0. The van der Waals surface area contributed by atoms with Gasteiger partial charge in [-0.1, -0.05) is 208 Å². The minimum atomic E-state index is -0.819. The molecule has 0 aliphatic heterocycles. The Hall–Kier alpha value is -1.70. The molecule has 0 heterocycles. The molecule has 322 valence electrons. The molecule has 58 heavy (non-hydrogen) atoms. The molecular weight excluding hydrogens is 841 g/mol. The Balaban J connectivity index is 1.91. The Bertz CT molecular complexity index is 1460. The van der Waals surface area contributed by atoms with E-state index < -0.39 is 34.0 Å². The van der Waals surface area contributed by atoms with Gasteiger partial charge >= 0.3 is 11.9 Å². The van der Waals surface area contributed by atoms with E-state index in [1.807, 2.05) is 0 Å². The van der Waals surface area contributed by atoms with Crippen molar-refractivity contribution < 1.29 is 28.7 Å². The second-order valence-corrected chi connectivity index (χ2v) is 21.9. The van der Waals surface area contributed by atoms with Crippen molar-refractivity contribution >= 4 is 102 Å². The van der Waals surface area contributed by atoms with Crippen LogP contribution in [0, 0.1) is 0 Å². The largest absolute Gasteiger partial charge is 0.426 e. The van der Waals surface area contributed by atoms with E-state index in [1.54, 1.807) is 67.7 Å². The van der Waals surface area contributed by atoms with Crippen molar-refractivity contribution in [1.82, 2.24) is 0 Å². The van der Waals surface area contributed by atoms with Gasteiger partial charge in [-0.2, -0.15) is 0 Å². The Morgan fingerprint density at radius 2 is 0.845 bits per heavy atom. The highest BCUT2D eigenvalue weighted by atomic mass is 32.2. The Morgan fingerprint density at radius 3 is 1.22 bits per heavy atom. The number of ether oxygens (including phenoxy) is 2. The zero-order valence-electron chi connectivity index (χ0n) is 35.2. The van der Waals surface area contributed by atoms with E-state index in [0.29, 0.717) is 7.06 Å². The molecule has 0 aromatic heterocycles. The van der Waals surface area contributed by atoms with E-state index in [4.69, 9.17) is 33.9 Å². The third kappa shape index (κ3) is 23.9. The highest BCUT2D eigenvalue weighted by Gasteiger charge is 2.25. The summed E-state index contributed by atoms with van der Waals surface area (Å²) in [6, 6.07) is 12.2. The van der Waals surface area contributed by atoms with E-state index in [0.717, 1.165) is 24.3 Å². The molecule has 0 bridgehead atoms. The van der Waals surface area contributed by atoms with Crippen LogP contribution in [0.2, 0.25) is 0 Å². The number of Topliss-reactive ketones (excluding diaryl/α,β-unsaturated/α-hetero) is 2. The third-order valence-corrected chi connectivity index (χ3v) is 15.0. The molecule has 12 heteroatoms. The minimum Gasteiger partial charge on any atom is -0.426 e. The van der Waals surface area contributed by atoms with Gasteiger partial charge in [0.1, 0.15) is 29.1 Å². The van der Waals surface area contributed by atoms with Gasteiger partial charge in [-0.3, -0.25) is 19.2 Å². The highest BCUT2D eigenvalue weighted by Crippen LogP contribution is 2.30. The van der Waals surface area contributed by atoms with Crippen LogP contribution in [0.3, 0.4) is 0 Å². The number of thiocarbonyl (C=S) groups is 2. The second-order valence-electron chi connectivity index (χ2n) is 14.6. The van der Waals surface area contributed by atoms with Crippen molar-refractivity contribution in [1.29, 1.82) is 0 Å². The van der Waals surface area contributed by atoms with Gasteiger partial charge in [0.15, 0.2) is 0 Å². The van der Waals surface area contributed by atoms with Crippen LogP contribution in [-0.4, -0.2) is 52.6 Å². The van der Waals surface area contributed by atoms with Gasteiger partial charge in [-0.05, 0) is 50.3 Å². The van der Waals surface area contributed by atoms with E-state index in [-0.39, 0.29) is 22.6 Å². The van der Waals surface area contributed by atoms with Crippen LogP contribution >= 0.6 is 71.5 Å². The average Bonchev–Trinajstić information content (AvgIpc) is 3.21. The first kappa shape index (κ1) is 52.4. The molecule has 0 N–H and O–H groups in total. The highest BCUT2D eigenvalue weighted by molar-refractivity contribution is 8.48. The molecule has 0 radical (unpaired) electrons. The molecule has 0 amide bonds. The lowest BCUT2D eigenvalue weighted by Gasteiger charge is -2.15. The molecule has 2 unspecified atom stereocenters. The number of benzene rings is 2. The minimum absolute atomic E-state index is 0.0150. The molecule has 2 atom stereocenters. The number of esters is 2. The van der Waals surface area contributed by atoms with Gasteiger partial charge in [0, 0.05) is 17.2 Å². The normalized spacial score (nSPS) is 12.1. The summed E-state index contributed by atoms with van der Waals surface area (Å²) in [5, 5.41) is -1.25. The van der Waals surface area contributed by atoms with Crippen LogP contribution in [-0.2, 0) is 9.59 Å². The predicted molar refractivity (Wildman–Crippen MR) is 261 cm³/mol. The molecule has 6 nitrogen and oxygen atoms in total. The fourth-order valence-corrected chi connectivity index (χ4v) is 11.2. The van der Waals surface area contributed by atoms with Gasteiger partial charge in [0.05, 0.1) is 0 Å². The van der Waals surface area contributed by atoms with E-state index >= 15 is 0 Å². The third-order valence-electron chi connectivity index (χ3n) is 9.47. The molecule has 0 saturated carbocycles. The molecule has 2 aromatic carbocycles. The van der Waals surface area contributed by atoms with Crippen LogP contribution in [0.15, 0.2) is 48.5 Å². The van der Waals surface area contributed by atoms with Gasteiger partial charge in [-0.25, -0.2) is 0 Å². The first-order valence-corrected chi connectivity index (χ1v) is 26.0. The first-order chi connectivity index (χ1) is 28.0. The lowest BCUT2D eigenvalue weighted by molar-refractivity contribution is -0.133. The molecule has 2 aromatic rings. The summed E-state index contributed by atoms with van der Waals surface area (Å²) in [4.78, 5) is 53.0. The fraction of sp³-hybridized carbons (Fsp3) is 0.609. The van der Waals surface area contributed by atoms with Gasteiger partial charge in [0.25, 0.3) is 0 Å². The molecule has 0 spiro atoms. The van der Waals surface area contributed by atoms with Crippen molar-refractivity contribution in [2.45, 2.75) is 167 Å². The topological polar surface area (TPSA) is 86.7 Å². The number of rotatable bonds is 31. The van der Waals surface area contributed by atoms with Crippen LogP contribution in [0.5, 0.6) is 11.5 Å². The van der Waals surface area contributed by atoms with Gasteiger partial charge in [0.2, 0.25) is 11.6 Å². The number of carbonyl (C=O) groups excluding carboxylic acids is 4. The van der Waals surface area contributed by atoms with Crippen molar-refractivity contribution in [2.24, 2.45) is 0 Å². The van der Waals surface area contributed by atoms with Crippen molar-refractivity contribution in [2.75, 3.05) is 11.5 Å². The first-order valence-electron chi connectivity index (χ1n) is 21.4. The Kier molecular flexibility index (Phi) is 29.8. The SMILES string of the molecule is CCCCCCCCCCCCSC(=S)SC(C)C(=O)Oc1cc(OC(=O)C(C)SC(=S)SCCCCCCCCCCCC)cc(C(=O)C(=O)c2ccccc2)c1. The summed E-state index contributed by atoms with van der Waals surface area (Å²) in [5.74, 6) is -0.925. The van der Waals surface area contributed by atoms with Crippen molar-refractivity contribution in [3.8, 4) is 11.5 Å². The lowest BCUT2D eigenvalue weighted by Crippen LogP contribution is -2.23. The maximum atomic E-state index is 13.4. The van der Waals surface area contributed by atoms with Gasteiger partial charge < -0.3 is 9.47 Å². The molecule has 0 fully saturated rings. The monoisotopic (exact) mass is 906 g/mol. The number of hydrogen-bond acceptors (Lipinski definition) is 12. The summed E-state index contributed by atoms with van der Waals surface area (Å²) in [6.45, 7) is 7.91. The number of ketones is 2. The summed E-state index contributed by atoms with van der Waals surface area (Å²) in [5.41, 5.74) is 0.156. The lowest BCUT2D eigenvalue weighted by atomic mass is 10.0. The van der Waals surface area contributed by atoms with Crippen LogP contribution in [0.1, 0.15) is 177 Å². The average molecular weight is 907 g/mol. The Labute approximate surface area is 377 Å². The predicted octanol–water partition coefficient (Wildman–Crippen LogP) is 14.7. The number of thioether (sulfide) groups is 4. The second kappa shape index (κ2) is 33.0. The van der Waals surface area contributed by atoms with Crippen LogP contribution < -0.4 is 9.47 Å². The summed E-state index contributed by atoms with van der Waals surface area (Å²) < 4.78 is 12.7. The van der Waals surface area contributed by atoms with E-state index in [1.165, 1.54) is 157 Å². The fourth-order valence-electron chi connectivity index (χ4n) is 6.01. The maximum Gasteiger partial charge on any atom is 0.324 e. The van der Waals surface area contributed by atoms with Crippen molar-refractivity contribution in [3.63, 3.8) is 0 Å². The van der Waals surface area contributed by atoms with Crippen LogP contribution in [0.4, 0.5) is 0 Å². The molecule has 0 saturated heterocycles. The number of hydrogen-bond donors (Lipinski definition) is 0. The summed E-state index contributed by atoms with van der Waals surface area (Å²) in [6.07, 6.45) is 25.4. The van der Waals surface area contributed by atoms with Gasteiger partial charge in [-0.15, -0.1) is 23.5 Å². The maximum absolute atomic E-state index is 13.4. The number of carbonyl (C=O) groups is 4. The van der Waals surface area contributed by atoms with Crippen LogP contribution in [0.25, 0.3) is 0 Å². The quantitative estimate of drug-likeness (QED) is 0.0180. The smallest absolute Gasteiger partial charge is 0.324 e. The molecule has 0 aliphatic carbocycles. The zero-order valence-corrected chi connectivity index (χ0v) is 40.1. The number of unbranched alkanes of at least 4 members (excludes halogenated alkanes) is 18. The van der Waals surface area contributed by atoms with Crippen molar-refractivity contribution in [3.05, 3.63) is 59.7 Å². The molecule has 2 rings (SSSR count). The van der Waals surface area contributed by atoms with E-state index in [9.17, 15) is 19.2 Å². The summed E-state index contributed by atoms with van der Waals surface area (Å²) >= 11 is 16.8. The Morgan fingerprint density at radius 1 is 0.500 bits per heavy atom. The zero-order chi connectivity index (χ0) is 42.4. The standard InChI is InChI=1S/C46H66O6S6/c1-5-7-9-11-13-15-17-19-21-26-30-55-45(53)57-35(3)43(49)51-39-32-38(42(48)41(47)37-28-24-23-25-29-37)33-40(34-39)52-44(50)36(4)58-46(54)56-31-27-22-20-18-16-14-12-10-8-6-2/h23-25,28-29,32-36H,5-22,26-27,30-31H2,1-4H3.